The normalized spacial score (nSPS) is 21.4. The third-order valence-corrected chi connectivity index (χ3v) is 3.28. The Labute approximate surface area is 111 Å². The smallest absolute Gasteiger partial charge is 0.128 e. The number of halogens is 2. The molecule has 1 aliphatic rings. The highest BCUT2D eigenvalue weighted by atomic mass is 19.1. The standard InChI is InChI=1S/C14H19F2NO2/c1-9-5-14(16)12(6-13(9)15)10(2)17-7-11-8-18-3-4-19-11/h5-6,10-11,17H,3-4,7-8H2,1-2H3. The zero-order valence-corrected chi connectivity index (χ0v) is 11.2. The van der Waals surface area contributed by atoms with E-state index in [1.165, 1.54) is 12.1 Å². The third kappa shape index (κ3) is 3.72. The molecule has 0 saturated carbocycles. The molecular weight excluding hydrogens is 252 g/mol. The Hall–Kier alpha value is -1.04. The van der Waals surface area contributed by atoms with Crippen LogP contribution in [-0.2, 0) is 9.47 Å². The van der Waals surface area contributed by atoms with Gasteiger partial charge < -0.3 is 14.8 Å². The molecule has 1 fully saturated rings. The monoisotopic (exact) mass is 271 g/mol. The van der Waals surface area contributed by atoms with Crippen molar-refractivity contribution in [1.82, 2.24) is 5.32 Å². The summed E-state index contributed by atoms with van der Waals surface area (Å²) in [5.41, 5.74) is 0.650. The van der Waals surface area contributed by atoms with E-state index in [0.29, 0.717) is 37.5 Å². The SMILES string of the molecule is Cc1cc(F)c(C(C)NCC2COCCO2)cc1F. The molecule has 0 aromatic heterocycles. The highest BCUT2D eigenvalue weighted by Gasteiger charge is 2.18. The van der Waals surface area contributed by atoms with Gasteiger partial charge in [-0.25, -0.2) is 8.78 Å². The van der Waals surface area contributed by atoms with Gasteiger partial charge in [-0.05, 0) is 31.5 Å². The van der Waals surface area contributed by atoms with Gasteiger partial charge in [-0.2, -0.15) is 0 Å². The molecule has 1 aromatic carbocycles. The minimum absolute atomic E-state index is 0.0328. The number of ether oxygens (including phenoxy) is 2. The van der Waals surface area contributed by atoms with Crippen molar-refractivity contribution in [2.24, 2.45) is 0 Å². The second-order valence-electron chi connectivity index (χ2n) is 4.82. The maximum atomic E-state index is 13.8. The van der Waals surface area contributed by atoms with Crippen LogP contribution in [0.1, 0.15) is 24.1 Å². The van der Waals surface area contributed by atoms with E-state index in [-0.39, 0.29) is 23.8 Å². The fraction of sp³-hybridized carbons (Fsp3) is 0.571. The van der Waals surface area contributed by atoms with Crippen LogP contribution < -0.4 is 5.32 Å². The summed E-state index contributed by atoms with van der Waals surface area (Å²) in [6, 6.07) is 2.20. The van der Waals surface area contributed by atoms with Gasteiger partial charge in [-0.3, -0.25) is 0 Å². The van der Waals surface area contributed by atoms with Crippen molar-refractivity contribution >= 4 is 0 Å². The molecule has 0 radical (unpaired) electrons. The Morgan fingerprint density at radius 2 is 2.11 bits per heavy atom. The van der Waals surface area contributed by atoms with Crippen LogP contribution in [0.4, 0.5) is 8.78 Å². The first-order valence-corrected chi connectivity index (χ1v) is 6.46. The molecule has 5 heteroatoms. The number of hydrogen-bond donors (Lipinski definition) is 1. The predicted octanol–water partition coefficient (Wildman–Crippen LogP) is 2.34. The lowest BCUT2D eigenvalue weighted by Crippen LogP contribution is -2.38. The van der Waals surface area contributed by atoms with E-state index in [1.807, 2.05) is 0 Å². The zero-order chi connectivity index (χ0) is 13.8. The highest BCUT2D eigenvalue weighted by Crippen LogP contribution is 2.20. The van der Waals surface area contributed by atoms with Crippen LogP contribution in [0.2, 0.25) is 0 Å². The summed E-state index contributed by atoms with van der Waals surface area (Å²) in [4.78, 5) is 0. The molecule has 1 heterocycles. The minimum Gasteiger partial charge on any atom is -0.376 e. The molecule has 1 aliphatic heterocycles. The van der Waals surface area contributed by atoms with Crippen molar-refractivity contribution in [3.8, 4) is 0 Å². The molecule has 2 unspecified atom stereocenters. The topological polar surface area (TPSA) is 30.5 Å². The molecule has 0 amide bonds. The van der Waals surface area contributed by atoms with Gasteiger partial charge in [0.25, 0.3) is 0 Å². The van der Waals surface area contributed by atoms with E-state index in [9.17, 15) is 8.78 Å². The second kappa shape index (κ2) is 6.41. The minimum atomic E-state index is -0.389. The lowest BCUT2D eigenvalue weighted by molar-refractivity contribution is -0.0870. The van der Waals surface area contributed by atoms with Gasteiger partial charge in [0.15, 0.2) is 0 Å². The van der Waals surface area contributed by atoms with Crippen molar-refractivity contribution in [1.29, 1.82) is 0 Å². The van der Waals surface area contributed by atoms with Crippen molar-refractivity contribution in [3.63, 3.8) is 0 Å². The molecule has 1 aromatic rings. The van der Waals surface area contributed by atoms with Crippen molar-refractivity contribution in [2.75, 3.05) is 26.4 Å². The number of benzene rings is 1. The molecule has 2 rings (SSSR count). The summed E-state index contributed by atoms with van der Waals surface area (Å²) in [6.07, 6.45) is -0.0328. The summed E-state index contributed by atoms with van der Waals surface area (Å²) in [5.74, 6) is -0.776. The maximum absolute atomic E-state index is 13.8. The Morgan fingerprint density at radius 3 is 2.79 bits per heavy atom. The van der Waals surface area contributed by atoms with Gasteiger partial charge in [0, 0.05) is 18.2 Å². The number of nitrogens with one attached hydrogen (secondary N) is 1. The highest BCUT2D eigenvalue weighted by molar-refractivity contribution is 5.27. The zero-order valence-electron chi connectivity index (χ0n) is 11.2. The Balaban J connectivity index is 1.95. The van der Waals surface area contributed by atoms with E-state index in [1.54, 1.807) is 13.8 Å². The van der Waals surface area contributed by atoms with Gasteiger partial charge in [0.1, 0.15) is 11.6 Å². The first-order valence-electron chi connectivity index (χ1n) is 6.46. The largest absolute Gasteiger partial charge is 0.376 e. The van der Waals surface area contributed by atoms with Crippen LogP contribution >= 0.6 is 0 Å². The number of hydrogen-bond acceptors (Lipinski definition) is 3. The summed E-state index contributed by atoms with van der Waals surface area (Å²) >= 11 is 0. The molecule has 106 valence electrons. The number of rotatable bonds is 4. The average molecular weight is 271 g/mol. The van der Waals surface area contributed by atoms with E-state index >= 15 is 0 Å². The summed E-state index contributed by atoms with van der Waals surface area (Å²) in [6.45, 7) is 5.63. The molecule has 0 spiro atoms. The molecule has 19 heavy (non-hydrogen) atoms. The first kappa shape index (κ1) is 14.4. The van der Waals surface area contributed by atoms with E-state index in [2.05, 4.69) is 5.32 Å². The average Bonchev–Trinajstić information content (AvgIpc) is 2.41. The molecular formula is C14H19F2NO2. The molecule has 0 aliphatic carbocycles. The molecule has 3 nitrogen and oxygen atoms in total. The van der Waals surface area contributed by atoms with Crippen molar-refractivity contribution in [2.45, 2.75) is 26.0 Å². The van der Waals surface area contributed by atoms with E-state index in [4.69, 9.17) is 9.47 Å². The van der Waals surface area contributed by atoms with Gasteiger partial charge in [-0.1, -0.05) is 0 Å². The van der Waals surface area contributed by atoms with E-state index in [0.717, 1.165) is 0 Å². The van der Waals surface area contributed by atoms with Crippen LogP contribution in [0.15, 0.2) is 12.1 Å². The van der Waals surface area contributed by atoms with Gasteiger partial charge in [0.05, 0.1) is 25.9 Å². The van der Waals surface area contributed by atoms with Gasteiger partial charge >= 0.3 is 0 Å². The van der Waals surface area contributed by atoms with Crippen LogP contribution in [0.25, 0.3) is 0 Å². The third-order valence-electron chi connectivity index (χ3n) is 3.28. The van der Waals surface area contributed by atoms with Crippen molar-refractivity contribution < 1.29 is 18.3 Å². The molecule has 1 N–H and O–H groups in total. The Bertz CT molecular complexity index is 434. The van der Waals surface area contributed by atoms with Gasteiger partial charge in [0.2, 0.25) is 0 Å². The summed E-state index contributed by atoms with van der Waals surface area (Å²) < 4.78 is 38.0. The van der Waals surface area contributed by atoms with Crippen LogP contribution in [0.3, 0.4) is 0 Å². The lowest BCUT2D eigenvalue weighted by Gasteiger charge is -2.25. The van der Waals surface area contributed by atoms with Gasteiger partial charge in [-0.15, -0.1) is 0 Å². The van der Waals surface area contributed by atoms with Crippen LogP contribution in [0.5, 0.6) is 0 Å². The predicted molar refractivity (Wildman–Crippen MR) is 68.1 cm³/mol. The van der Waals surface area contributed by atoms with Crippen LogP contribution in [0, 0.1) is 18.6 Å². The first-order chi connectivity index (χ1) is 9.08. The molecule has 2 atom stereocenters. The lowest BCUT2D eigenvalue weighted by atomic mass is 10.0. The van der Waals surface area contributed by atoms with E-state index < -0.39 is 0 Å². The van der Waals surface area contributed by atoms with Crippen molar-refractivity contribution in [3.05, 3.63) is 34.9 Å². The Morgan fingerprint density at radius 1 is 1.32 bits per heavy atom. The number of aryl methyl sites for hydroxylation is 1. The van der Waals surface area contributed by atoms with Crippen LogP contribution in [-0.4, -0.2) is 32.5 Å². The quantitative estimate of drug-likeness (QED) is 0.911. The molecule has 0 bridgehead atoms. The molecule has 1 saturated heterocycles. The maximum Gasteiger partial charge on any atom is 0.128 e. The summed E-state index contributed by atoms with van der Waals surface area (Å²) in [7, 11) is 0. The Kier molecular flexibility index (Phi) is 4.85. The fourth-order valence-corrected chi connectivity index (χ4v) is 2.07. The summed E-state index contributed by atoms with van der Waals surface area (Å²) in [5, 5.41) is 3.14. The second-order valence-corrected chi connectivity index (χ2v) is 4.82. The fourth-order valence-electron chi connectivity index (χ4n) is 2.07.